The average molecular weight is 603 g/mol. The highest BCUT2D eigenvalue weighted by Gasteiger charge is 2.97. The Labute approximate surface area is 245 Å². The minimum absolute atomic E-state index is 0.189. The van der Waals surface area contributed by atoms with Crippen molar-refractivity contribution in [3.05, 3.63) is 12.2 Å². The second-order valence-corrected chi connectivity index (χ2v) is 15.3. The lowest BCUT2D eigenvalue weighted by molar-refractivity contribution is -0.223. The topological polar surface area (TPSA) is 191 Å². The number of carbonyl (C=O) groups is 4. The van der Waals surface area contributed by atoms with Gasteiger partial charge in [0.05, 0.1) is 39.5 Å². The summed E-state index contributed by atoms with van der Waals surface area (Å²) in [6.07, 6.45) is -3.12. The Morgan fingerprint density at radius 2 is 1.23 bits per heavy atom. The van der Waals surface area contributed by atoms with Gasteiger partial charge in [-0.3, -0.25) is 9.59 Å². The fourth-order valence-electron chi connectivity index (χ4n) is 11.4. The van der Waals surface area contributed by atoms with E-state index < -0.39 is 111 Å². The molecule has 6 saturated heterocycles. The van der Waals surface area contributed by atoms with Gasteiger partial charge in [0.2, 0.25) is 11.2 Å². The largest absolute Gasteiger partial charge is 0.458 e. The Bertz CT molecular complexity index is 1500. The van der Waals surface area contributed by atoms with Gasteiger partial charge in [0.15, 0.2) is 12.2 Å². The van der Waals surface area contributed by atoms with Gasteiger partial charge in [-0.2, -0.15) is 0 Å². The van der Waals surface area contributed by atoms with Crippen LogP contribution in [0.3, 0.4) is 0 Å². The van der Waals surface area contributed by atoms with Gasteiger partial charge in [0, 0.05) is 24.7 Å². The van der Waals surface area contributed by atoms with Gasteiger partial charge in [-0.15, -0.1) is 0 Å². The van der Waals surface area contributed by atoms with Crippen LogP contribution in [0.2, 0.25) is 0 Å². The van der Waals surface area contributed by atoms with Gasteiger partial charge in [0.1, 0.15) is 24.4 Å². The maximum absolute atomic E-state index is 12.4. The average Bonchev–Trinajstić information content (AvgIpc) is 3.58. The van der Waals surface area contributed by atoms with Crippen LogP contribution >= 0.6 is 0 Å². The molecule has 6 heterocycles. The number of epoxide rings is 2. The standard InChI is InChI=1S/C15H18O7.C15H16O6/c1-12(2,18)6-7-10(16)20-8(6)9-13(3)14(7,19)4-5-15(13,22-5)11(17)21-9;1-5(2)7-8-11(16)19-9(7)10-13(3)14(8,18)4-6-15(13,21-6)12(17)20-10/h5-9,18-19H,4H2,1-3H3;6-10,18H,1,4H2,2-3H3/t5-,6+,7-,8-,9-,13-,14-,15?;6-,7+,8-,9-,10-,13-,14-,15?/m11/s1. The van der Waals surface area contributed by atoms with Crippen LogP contribution in [0.25, 0.3) is 0 Å². The minimum atomic E-state index is -1.47. The van der Waals surface area contributed by atoms with Gasteiger partial charge in [-0.05, 0) is 34.6 Å². The second-order valence-electron chi connectivity index (χ2n) is 15.3. The Morgan fingerprint density at radius 3 is 1.72 bits per heavy atom. The zero-order valence-corrected chi connectivity index (χ0v) is 24.3. The zero-order valence-electron chi connectivity index (χ0n) is 24.3. The lowest BCUT2D eigenvalue weighted by Crippen LogP contribution is -2.68. The van der Waals surface area contributed by atoms with E-state index in [1.54, 1.807) is 27.7 Å². The van der Waals surface area contributed by atoms with Crippen molar-refractivity contribution in [2.45, 2.75) is 112 Å². The van der Waals surface area contributed by atoms with Crippen LogP contribution in [0.5, 0.6) is 0 Å². The molecule has 0 aromatic rings. The van der Waals surface area contributed by atoms with Crippen LogP contribution < -0.4 is 0 Å². The van der Waals surface area contributed by atoms with Crippen LogP contribution in [0.15, 0.2) is 12.2 Å². The van der Waals surface area contributed by atoms with Crippen molar-refractivity contribution in [2.24, 2.45) is 34.5 Å². The fourth-order valence-corrected chi connectivity index (χ4v) is 11.4. The van der Waals surface area contributed by atoms with Gasteiger partial charge < -0.3 is 43.7 Å². The molecule has 0 aromatic carbocycles. The van der Waals surface area contributed by atoms with Crippen LogP contribution in [-0.2, 0) is 47.6 Å². The van der Waals surface area contributed by atoms with Gasteiger partial charge >= 0.3 is 23.9 Å². The summed E-state index contributed by atoms with van der Waals surface area (Å²) >= 11 is 0. The van der Waals surface area contributed by atoms with E-state index in [0.29, 0.717) is 0 Å². The van der Waals surface area contributed by atoms with E-state index in [0.717, 1.165) is 5.57 Å². The van der Waals surface area contributed by atoms with Crippen molar-refractivity contribution in [3.63, 3.8) is 0 Å². The summed E-state index contributed by atoms with van der Waals surface area (Å²) in [5, 5.41) is 33.3. The zero-order chi connectivity index (χ0) is 30.8. The first-order chi connectivity index (χ1) is 19.9. The predicted molar refractivity (Wildman–Crippen MR) is 135 cm³/mol. The van der Waals surface area contributed by atoms with E-state index in [4.69, 9.17) is 28.4 Å². The van der Waals surface area contributed by atoms with Crippen molar-refractivity contribution in [1.29, 1.82) is 0 Å². The van der Waals surface area contributed by atoms with E-state index in [1.165, 1.54) is 0 Å². The fraction of sp³-hybridized carbons (Fsp3) is 0.800. The van der Waals surface area contributed by atoms with E-state index in [1.807, 2.05) is 6.92 Å². The Balaban J connectivity index is 0.000000121. The maximum atomic E-state index is 12.4. The summed E-state index contributed by atoms with van der Waals surface area (Å²) in [6, 6.07) is 0. The third-order valence-corrected chi connectivity index (χ3v) is 13.4. The maximum Gasteiger partial charge on any atom is 0.342 e. The predicted octanol–water partition coefficient (Wildman–Crippen LogP) is -0.929. The number of esters is 4. The summed E-state index contributed by atoms with van der Waals surface area (Å²) in [5.41, 5.74) is -7.49. The SMILES string of the molecule is C=C(C)[C@@H]1[C@H]2OC(=O)[C@@H]1[C@]1(O)C[C@H]3OC34C(=O)O[C@H]2[C@@]41C.CC(C)(O)[C@@H]1[C@H]2OC(=O)[C@@H]1[C@]1(O)C[C@H]3OC34C(=O)O[C@H]2[C@@]41C. The van der Waals surface area contributed by atoms with Crippen LogP contribution in [0.4, 0.5) is 0 Å². The highest BCUT2D eigenvalue weighted by Crippen LogP contribution is 2.78. The summed E-state index contributed by atoms with van der Waals surface area (Å²) in [4.78, 5) is 49.4. The number of carbonyl (C=O) groups excluding carboxylic acids is 4. The summed E-state index contributed by atoms with van der Waals surface area (Å²) in [6.45, 7) is 12.5. The molecule has 43 heavy (non-hydrogen) atoms. The molecule has 0 aromatic heterocycles. The van der Waals surface area contributed by atoms with E-state index in [2.05, 4.69) is 6.58 Å². The third kappa shape index (κ3) is 2.29. The molecule has 2 spiro atoms. The Kier molecular flexibility index (Phi) is 4.24. The Morgan fingerprint density at radius 1 is 0.791 bits per heavy atom. The highest BCUT2D eigenvalue weighted by molar-refractivity contribution is 5.92. The van der Waals surface area contributed by atoms with Crippen molar-refractivity contribution in [1.82, 2.24) is 0 Å². The highest BCUT2D eigenvalue weighted by atomic mass is 16.7. The normalized spacial score (nSPS) is 61.3. The molecule has 232 valence electrons. The summed E-state index contributed by atoms with van der Waals surface area (Å²) in [7, 11) is 0. The first-order valence-corrected chi connectivity index (χ1v) is 14.9. The second kappa shape index (κ2) is 6.81. The molecular weight excluding hydrogens is 568 g/mol. The van der Waals surface area contributed by atoms with Crippen molar-refractivity contribution < 1.29 is 62.9 Å². The molecule has 0 radical (unpaired) electrons. The molecule has 13 heteroatoms. The van der Waals surface area contributed by atoms with E-state index in [9.17, 15) is 34.5 Å². The van der Waals surface area contributed by atoms with Crippen LogP contribution in [-0.4, -0.2) is 104 Å². The molecule has 3 N–H and O–H groups in total. The quantitative estimate of drug-likeness (QED) is 0.152. The number of hydrogen-bond donors (Lipinski definition) is 3. The van der Waals surface area contributed by atoms with Crippen molar-refractivity contribution in [3.8, 4) is 0 Å². The van der Waals surface area contributed by atoms with Crippen molar-refractivity contribution in [2.75, 3.05) is 0 Å². The number of fused-ring (bicyclic) bond motifs is 8. The molecule has 6 aliphatic heterocycles. The number of rotatable bonds is 2. The Hall–Kier alpha value is -2.58. The third-order valence-electron chi connectivity index (χ3n) is 13.4. The number of aliphatic hydroxyl groups is 3. The molecule has 13 nitrogen and oxygen atoms in total. The van der Waals surface area contributed by atoms with E-state index >= 15 is 0 Å². The minimum Gasteiger partial charge on any atom is -0.458 e. The number of hydrogen-bond acceptors (Lipinski definition) is 13. The first kappa shape index (κ1) is 26.8. The lowest BCUT2D eigenvalue weighted by Gasteiger charge is -2.53. The van der Waals surface area contributed by atoms with Gasteiger partial charge in [-0.25, -0.2) is 9.59 Å². The van der Waals surface area contributed by atoms with E-state index in [-0.39, 0.29) is 24.9 Å². The molecule has 10 aliphatic rings. The lowest BCUT2D eigenvalue weighted by atomic mass is 9.52. The molecule has 16 atom stereocenters. The molecule has 4 bridgehead atoms. The van der Waals surface area contributed by atoms with Crippen molar-refractivity contribution >= 4 is 23.9 Å². The molecule has 0 amide bonds. The molecule has 4 aliphatic carbocycles. The first-order valence-electron chi connectivity index (χ1n) is 14.9. The molecule has 10 rings (SSSR count). The summed E-state index contributed by atoms with van der Waals surface area (Å²) < 4.78 is 33.2. The van der Waals surface area contributed by atoms with Gasteiger partial charge in [0.25, 0.3) is 0 Å². The molecule has 10 fully saturated rings. The van der Waals surface area contributed by atoms with Crippen LogP contribution in [0, 0.1) is 34.5 Å². The number of ether oxygens (including phenoxy) is 6. The molecule has 2 unspecified atom stereocenters. The smallest absolute Gasteiger partial charge is 0.342 e. The van der Waals surface area contributed by atoms with Gasteiger partial charge in [-0.1, -0.05) is 12.2 Å². The monoisotopic (exact) mass is 602 g/mol. The summed E-state index contributed by atoms with van der Waals surface area (Å²) in [5.74, 6) is -4.37. The van der Waals surface area contributed by atoms with Crippen LogP contribution in [0.1, 0.15) is 47.5 Å². The molecule has 4 saturated carbocycles. The molecular formula is C30H34O13.